The van der Waals surface area contributed by atoms with Gasteiger partial charge < -0.3 is 14.3 Å². The summed E-state index contributed by atoms with van der Waals surface area (Å²) < 4.78 is 12.4. The second-order valence-electron chi connectivity index (χ2n) is 9.30. The standard InChI is InChI=1S/C23H46O4Si/c1-11-12-13-21(23(25)26-15-14-16(2)3)22(20(10)24)27-28(17(4)5,18(6)7)19(8)9/h14,17-22,24H,11-13,15H2,1-10H3/t20-,21-,22+/m1/s1. The largest absolute Gasteiger partial charge is 0.461 e. The second kappa shape index (κ2) is 12.8. The molecule has 0 heterocycles. The Hall–Kier alpha value is -0.653. The van der Waals surface area contributed by atoms with Crippen LogP contribution in [-0.2, 0) is 14.0 Å². The van der Waals surface area contributed by atoms with E-state index in [1.165, 1.54) is 0 Å². The normalized spacial score (nSPS) is 15.6. The second-order valence-corrected chi connectivity index (χ2v) is 14.7. The van der Waals surface area contributed by atoms with E-state index in [9.17, 15) is 9.90 Å². The Morgan fingerprint density at radius 2 is 1.50 bits per heavy atom. The highest BCUT2D eigenvalue weighted by Gasteiger charge is 2.49. The first kappa shape index (κ1) is 27.3. The van der Waals surface area contributed by atoms with E-state index in [1.807, 2.05) is 19.9 Å². The fourth-order valence-corrected chi connectivity index (χ4v) is 10.0. The SMILES string of the molecule is CCCC[C@@H](C(=O)OCC=C(C)C)[C@@H](O[Si](C(C)C)(C(C)C)C(C)C)[C@@H](C)O. The molecular formula is C23H46O4Si. The van der Waals surface area contributed by atoms with E-state index < -0.39 is 26.4 Å². The van der Waals surface area contributed by atoms with E-state index in [-0.39, 0.29) is 12.6 Å². The van der Waals surface area contributed by atoms with Crippen molar-refractivity contribution in [3.05, 3.63) is 11.6 Å². The van der Waals surface area contributed by atoms with Crippen LogP contribution in [-0.4, -0.2) is 38.2 Å². The van der Waals surface area contributed by atoms with Gasteiger partial charge in [0.25, 0.3) is 0 Å². The number of esters is 1. The van der Waals surface area contributed by atoms with Crippen LogP contribution in [0.4, 0.5) is 0 Å². The summed E-state index contributed by atoms with van der Waals surface area (Å²) in [5, 5.41) is 10.6. The molecule has 0 aromatic carbocycles. The average molecular weight is 415 g/mol. The number of aliphatic hydroxyl groups excluding tert-OH is 1. The molecule has 1 N–H and O–H groups in total. The molecule has 0 amide bonds. The molecule has 0 aliphatic heterocycles. The lowest BCUT2D eigenvalue weighted by Crippen LogP contribution is -2.54. The highest BCUT2D eigenvalue weighted by molar-refractivity contribution is 6.77. The van der Waals surface area contributed by atoms with Crippen LogP contribution in [0.25, 0.3) is 0 Å². The summed E-state index contributed by atoms with van der Waals surface area (Å²) in [6, 6.07) is 0. The molecule has 3 atom stereocenters. The zero-order chi connectivity index (χ0) is 22.1. The Morgan fingerprint density at radius 1 is 1.00 bits per heavy atom. The van der Waals surface area contributed by atoms with Gasteiger partial charge in [0, 0.05) is 0 Å². The summed E-state index contributed by atoms with van der Waals surface area (Å²) in [6.45, 7) is 21.4. The Bertz CT molecular complexity index is 457. The number of carbonyl (C=O) groups is 1. The van der Waals surface area contributed by atoms with E-state index in [0.717, 1.165) is 18.4 Å². The third-order valence-electron chi connectivity index (χ3n) is 5.81. The Labute approximate surface area is 175 Å². The molecule has 28 heavy (non-hydrogen) atoms. The first-order valence-corrected chi connectivity index (χ1v) is 13.2. The van der Waals surface area contributed by atoms with E-state index in [4.69, 9.17) is 9.16 Å². The third kappa shape index (κ3) is 7.64. The first-order valence-electron chi connectivity index (χ1n) is 11.1. The van der Waals surface area contributed by atoms with Crippen LogP contribution in [0.5, 0.6) is 0 Å². The van der Waals surface area contributed by atoms with Crippen molar-refractivity contribution in [3.63, 3.8) is 0 Å². The highest BCUT2D eigenvalue weighted by Crippen LogP contribution is 2.44. The number of hydrogen-bond donors (Lipinski definition) is 1. The van der Waals surface area contributed by atoms with Crippen molar-refractivity contribution in [2.45, 2.75) is 117 Å². The molecule has 0 aromatic rings. The average Bonchev–Trinajstić information content (AvgIpc) is 2.55. The molecule has 5 heteroatoms. The number of ether oxygens (including phenoxy) is 1. The summed E-state index contributed by atoms with van der Waals surface area (Å²) in [4.78, 5) is 12.9. The first-order chi connectivity index (χ1) is 12.9. The summed E-state index contributed by atoms with van der Waals surface area (Å²) in [5.41, 5.74) is 2.29. The number of aliphatic hydroxyl groups is 1. The van der Waals surface area contributed by atoms with Crippen LogP contribution >= 0.6 is 0 Å². The summed E-state index contributed by atoms with van der Waals surface area (Å²) in [7, 11) is -2.23. The minimum atomic E-state index is -2.23. The van der Waals surface area contributed by atoms with Crippen LogP contribution < -0.4 is 0 Å². The molecule has 166 valence electrons. The van der Waals surface area contributed by atoms with Gasteiger partial charge in [-0.3, -0.25) is 4.79 Å². The van der Waals surface area contributed by atoms with Crippen LogP contribution in [0.1, 0.15) is 88.5 Å². The van der Waals surface area contributed by atoms with Gasteiger partial charge in [-0.15, -0.1) is 0 Å². The van der Waals surface area contributed by atoms with Gasteiger partial charge >= 0.3 is 5.97 Å². The molecule has 0 unspecified atom stereocenters. The molecule has 0 bridgehead atoms. The van der Waals surface area contributed by atoms with Crippen LogP contribution in [0.2, 0.25) is 16.6 Å². The monoisotopic (exact) mass is 414 g/mol. The molecular weight excluding hydrogens is 368 g/mol. The number of hydrogen-bond acceptors (Lipinski definition) is 4. The molecule has 4 nitrogen and oxygen atoms in total. The summed E-state index contributed by atoms with van der Waals surface area (Å²) in [6.07, 6.45) is 3.24. The molecule has 0 radical (unpaired) electrons. The van der Waals surface area contributed by atoms with Gasteiger partial charge in [0.1, 0.15) is 6.61 Å². The highest BCUT2D eigenvalue weighted by atomic mass is 28.4. The van der Waals surface area contributed by atoms with Gasteiger partial charge in [-0.05, 0) is 49.9 Å². The van der Waals surface area contributed by atoms with Crippen molar-refractivity contribution in [2.24, 2.45) is 5.92 Å². The molecule has 0 aromatic heterocycles. The van der Waals surface area contributed by atoms with Gasteiger partial charge in [-0.1, -0.05) is 66.9 Å². The quantitative estimate of drug-likeness (QED) is 0.220. The predicted octanol–water partition coefficient (Wildman–Crippen LogP) is 6.24. The maximum atomic E-state index is 12.9. The van der Waals surface area contributed by atoms with E-state index in [1.54, 1.807) is 6.92 Å². The fraction of sp³-hybridized carbons (Fsp3) is 0.870. The van der Waals surface area contributed by atoms with Gasteiger partial charge in [-0.25, -0.2) is 0 Å². The topological polar surface area (TPSA) is 55.8 Å². The Balaban J connectivity index is 5.84. The maximum absolute atomic E-state index is 12.9. The van der Waals surface area contributed by atoms with Crippen molar-refractivity contribution in [1.29, 1.82) is 0 Å². The van der Waals surface area contributed by atoms with Crippen molar-refractivity contribution in [2.75, 3.05) is 6.61 Å². The summed E-state index contributed by atoms with van der Waals surface area (Å²) >= 11 is 0. The zero-order valence-electron chi connectivity index (χ0n) is 20.0. The number of rotatable bonds is 13. The lowest BCUT2D eigenvalue weighted by molar-refractivity contribution is -0.154. The third-order valence-corrected chi connectivity index (χ3v) is 11.9. The Morgan fingerprint density at radius 3 is 1.86 bits per heavy atom. The van der Waals surface area contributed by atoms with Crippen molar-refractivity contribution in [3.8, 4) is 0 Å². The molecule has 0 fully saturated rings. The zero-order valence-corrected chi connectivity index (χ0v) is 21.0. The van der Waals surface area contributed by atoms with Gasteiger partial charge in [0.15, 0.2) is 0 Å². The fourth-order valence-electron chi connectivity index (χ4n) is 4.40. The van der Waals surface area contributed by atoms with Gasteiger partial charge in [0.2, 0.25) is 8.32 Å². The van der Waals surface area contributed by atoms with Crippen LogP contribution in [0.3, 0.4) is 0 Å². The molecule has 0 saturated carbocycles. The smallest absolute Gasteiger partial charge is 0.311 e. The minimum absolute atomic E-state index is 0.254. The van der Waals surface area contributed by atoms with E-state index in [2.05, 4.69) is 48.5 Å². The maximum Gasteiger partial charge on any atom is 0.311 e. The molecule has 0 rings (SSSR count). The molecule has 0 aliphatic rings. The summed E-state index contributed by atoms with van der Waals surface area (Å²) in [5.74, 6) is -0.690. The number of unbranched alkanes of at least 4 members (excludes halogenated alkanes) is 1. The number of carbonyl (C=O) groups excluding carboxylic acids is 1. The van der Waals surface area contributed by atoms with Gasteiger partial charge in [0.05, 0.1) is 18.1 Å². The minimum Gasteiger partial charge on any atom is -0.461 e. The molecule has 0 spiro atoms. The Kier molecular flexibility index (Phi) is 12.5. The lowest BCUT2D eigenvalue weighted by atomic mass is 9.93. The predicted molar refractivity (Wildman–Crippen MR) is 121 cm³/mol. The van der Waals surface area contributed by atoms with Crippen LogP contribution in [0.15, 0.2) is 11.6 Å². The van der Waals surface area contributed by atoms with Crippen molar-refractivity contribution >= 4 is 14.3 Å². The number of allylic oxidation sites excluding steroid dienone is 1. The van der Waals surface area contributed by atoms with Crippen molar-refractivity contribution < 1.29 is 19.1 Å². The lowest BCUT2D eigenvalue weighted by Gasteiger charge is -2.46. The van der Waals surface area contributed by atoms with Gasteiger partial charge in [-0.2, -0.15) is 0 Å². The molecule has 0 saturated heterocycles. The van der Waals surface area contributed by atoms with E-state index >= 15 is 0 Å². The molecule has 0 aliphatic carbocycles. The van der Waals surface area contributed by atoms with Crippen LogP contribution in [0, 0.1) is 5.92 Å². The van der Waals surface area contributed by atoms with Crippen molar-refractivity contribution in [1.82, 2.24) is 0 Å². The van der Waals surface area contributed by atoms with E-state index in [0.29, 0.717) is 23.0 Å².